The zero-order chi connectivity index (χ0) is 13.0. The number of aliphatic hydroxyl groups excluding tert-OH is 2. The van der Waals surface area contributed by atoms with Crippen molar-refractivity contribution in [1.82, 2.24) is 4.98 Å². The normalized spacial score (nSPS) is 14.4. The number of carboxylic acid groups (broad SMARTS) is 1. The second-order valence-electron chi connectivity index (χ2n) is 3.37. The van der Waals surface area contributed by atoms with Crippen LogP contribution in [0.3, 0.4) is 0 Å². The number of rotatable bonds is 5. The molecule has 0 saturated heterocycles. The molecule has 2 unspecified atom stereocenters. The van der Waals surface area contributed by atoms with Crippen molar-refractivity contribution < 1.29 is 20.1 Å². The van der Waals surface area contributed by atoms with E-state index in [0.29, 0.717) is 11.8 Å². The monoisotopic (exact) mass is 323 g/mol. The maximum Gasteiger partial charge on any atom is 0.354 e. The van der Waals surface area contributed by atoms with Gasteiger partial charge in [0.25, 0.3) is 0 Å². The standard InChI is InChI=1S/C10H11BrClNO4/c11-4-3-6(14)9(15)5-1-2-7(12)13-8(5)10(16)17/h1-2,6,9,14-15H,3-4H2,(H,16,17). The van der Waals surface area contributed by atoms with Crippen molar-refractivity contribution in [3.05, 3.63) is 28.5 Å². The Labute approximate surface area is 111 Å². The Morgan fingerprint density at radius 1 is 1.47 bits per heavy atom. The first-order chi connectivity index (χ1) is 7.97. The van der Waals surface area contributed by atoms with Gasteiger partial charge in [-0.15, -0.1) is 0 Å². The van der Waals surface area contributed by atoms with Crippen LogP contribution in [0.2, 0.25) is 5.15 Å². The van der Waals surface area contributed by atoms with E-state index in [2.05, 4.69) is 20.9 Å². The third-order valence-corrected chi connectivity index (χ3v) is 2.85. The number of nitrogens with zero attached hydrogens (tertiary/aromatic N) is 1. The molecule has 1 heterocycles. The van der Waals surface area contributed by atoms with Crippen LogP contribution in [0.4, 0.5) is 0 Å². The predicted molar refractivity (Wildman–Crippen MR) is 65.6 cm³/mol. The van der Waals surface area contributed by atoms with Crippen molar-refractivity contribution in [3.63, 3.8) is 0 Å². The third kappa shape index (κ3) is 3.64. The van der Waals surface area contributed by atoms with Crippen LogP contribution < -0.4 is 0 Å². The minimum Gasteiger partial charge on any atom is -0.476 e. The van der Waals surface area contributed by atoms with Gasteiger partial charge in [-0.3, -0.25) is 0 Å². The van der Waals surface area contributed by atoms with E-state index in [1.807, 2.05) is 0 Å². The highest BCUT2D eigenvalue weighted by molar-refractivity contribution is 9.09. The van der Waals surface area contributed by atoms with Gasteiger partial charge in [-0.25, -0.2) is 9.78 Å². The minimum absolute atomic E-state index is 0.0216. The molecule has 0 aliphatic rings. The number of alkyl halides is 1. The number of aliphatic hydroxyl groups is 2. The van der Waals surface area contributed by atoms with Gasteiger partial charge >= 0.3 is 5.97 Å². The molecule has 0 saturated carbocycles. The van der Waals surface area contributed by atoms with Gasteiger partial charge in [0, 0.05) is 10.9 Å². The van der Waals surface area contributed by atoms with E-state index < -0.39 is 18.2 Å². The van der Waals surface area contributed by atoms with Gasteiger partial charge in [-0.2, -0.15) is 0 Å². The maximum atomic E-state index is 10.9. The van der Waals surface area contributed by atoms with Crippen LogP contribution in [0.5, 0.6) is 0 Å². The summed E-state index contributed by atoms with van der Waals surface area (Å²) in [6, 6.07) is 2.72. The van der Waals surface area contributed by atoms with Gasteiger partial charge in [0.15, 0.2) is 5.69 Å². The Bertz CT molecular complexity index is 415. The number of hydrogen-bond donors (Lipinski definition) is 3. The lowest BCUT2D eigenvalue weighted by atomic mass is 10.0. The molecule has 0 aromatic carbocycles. The molecule has 7 heteroatoms. The van der Waals surface area contributed by atoms with Crippen molar-refractivity contribution in [2.45, 2.75) is 18.6 Å². The Hall–Kier alpha value is -0.690. The first-order valence-corrected chi connectivity index (χ1v) is 6.29. The average Bonchev–Trinajstić information content (AvgIpc) is 2.28. The lowest BCUT2D eigenvalue weighted by molar-refractivity contribution is 0.0161. The van der Waals surface area contributed by atoms with Gasteiger partial charge in [0.2, 0.25) is 0 Å². The summed E-state index contributed by atoms with van der Waals surface area (Å²) < 4.78 is 0. The largest absolute Gasteiger partial charge is 0.476 e. The Morgan fingerprint density at radius 2 is 2.12 bits per heavy atom. The Morgan fingerprint density at radius 3 is 2.65 bits per heavy atom. The summed E-state index contributed by atoms with van der Waals surface area (Å²) in [7, 11) is 0. The molecule has 3 N–H and O–H groups in total. The van der Waals surface area contributed by atoms with Crippen LogP contribution in [-0.4, -0.2) is 37.7 Å². The number of aromatic nitrogens is 1. The van der Waals surface area contributed by atoms with Gasteiger partial charge in [0.05, 0.1) is 6.10 Å². The van der Waals surface area contributed by atoms with E-state index in [1.165, 1.54) is 12.1 Å². The third-order valence-electron chi connectivity index (χ3n) is 2.18. The molecule has 0 aliphatic carbocycles. The van der Waals surface area contributed by atoms with Gasteiger partial charge in [-0.1, -0.05) is 33.6 Å². The fourth-order valence-corrected chi connectivity index (χ4v) is 1.95. The van der Waals surface area contributed by atoms with Crippen LogP contribution in [-0.2, 0) is 0 Å². The molecule has 17 heavy (non-hydrogen) atoms. The summed E-state index contributed by atoms with van der Waals surface area (Å²) in [6.45, 7) is 0. The molecule has 2 atom stereocenters. The smallest absolute Gasteiger partial charge is 0.354 e. The molecule has 0 aliphatic heterocycles. The Kier molecular flexibility index (Phi) is 5.32. The summed E-state index contributed by atoms with van der Waals surface area (Å²) in [6.07, 6.45) is -2.07. The first kappa shape index (κ1) is 14.4. The summed E-state index contributed by atoms with van der Waals surface area (Å²) in [5.74, 6) is -1.30. The van der Waals surface area contributed by atoms with Crippen LogP contribution in [0, 0.1) is 0 Å². The molecule has 0 bridgehead atoms. The second kappa shape index (κ2) is 6.30. The first-order valence-electron chi connectivity index (χ1n) is 4.79. The fraction of sp³-hybridized carbons (Fsp3) is 0.400. The number of carbonyl (C=O) groups is 1. The zero-order valence-corrected chi connectivity index (χ0v) is 11.0. The highest BCUT2D eigenvalue weighted by atomic mass is 79.9. The number of halogens is 2. The van der Waals surface area contributed by atoms with E-state index in [-0.39, 0.29) is 16.4 Å². The van der Waals surface area contributed by atoms with E-state index in [1.54, 1.807) is 0 Å². The molecule has 5 nitrogen and oxygen atoms in total. The van der Waals surface area contributed by atoms with Gasteiger partial charge < -0.3 is 15.3 Å². The number of pyridine rings is 1. The van der Waals surface area contributed by atoms with Crippen LogP contribution >= 0.6 is 27.5 Å². The summed E-state index contributed by atoms with van der Waals surface area (Å²) in [5.41, 5.74) is -0.297. The molecular formula is C10H11BrClNO4. The van der Waals surface area contributed by atoms with Crippen molar-refractivity contribution >= 4 is 33.5 Å². The van der Waals surface area contributed by atoms with Crippen molar-refractivity contribution in [1.29, 1.82) is 0 Å². The van der Waals surface area contributed by atoms with Crippen LogP contribution in [0.1, 0.15) is 28.6 Å². The van der Waals surface area contributed by atoms with Gasteiger partial charge in [-0.05, 0) is 12.5 Å². The quantitative estimate of drug-likeness (QED) is 0.565. The summed E-state index contributed by atoms with van der Waals surface area (Å²) in [5, 5.41) is 28.9. The Balaban J connectivity index is 3.08. The fourth-order valence-electron chi connectivity index (χ4n) is 1.33. The maximum absolute atomic E-state index is 10.9. The van der Waals surface area contributed by atoms with E-state index in [0.717, 1.165) is 0 Å². The summed E-state index contributed by atoms with van der Waals surface area (Å²) >= 11 is 8.71. The topological polar surface area (TPSA) is 90.7 Å². The number of hydrogen-bond acceptors (Lipinski definition) is 4. The molecule has 0 spiro atoms. The zero-order valence-electron chi connectivity index (χ0n) is 8.68. The van der Waals surface area contributed by atoms with Crippen molar-refractivity contribution in [2.24, 2.45) is 0 Å². The highest BCUT2D eigenvalue weighted by Gasteiger charge is 2.24. The van der Waals surface area contributed by atoms with Crippen LogP contribution in [0.15, 0.2) is 12.1 Å². The number of carboxylic acids is 1. The lowest BCUT2D eigenvalue weighted by Gasteiger charge is -2.18. The second-order valence-corrected chi connectivity index (χ2v) is 4.55. The van der Waals surface area contributed by atoms with Crippen LogP contribution in [0.25, 0.3) is 0 Å². The molecule has 94 valence electrons. The predicted octanol–water partition coefficient (Wildman–Crippen LogP) is 1.61. The molecule has 0 fully saturated rings. The van der Waals surface area contributed by atoms with E-state index in [4.69, 9.17) is 16.7 Å². The molecule has 1 aromatic rings. The average molecular weight is 325 g/mol. The lowest BCUT2D eigenvalue weighted by Crippen LogP contribution is -2.21. The molecule has 0 radical (unpaired) electrons. The highest BCUT2D eigenvalue weighted by Crippen LogP contribution is 2.23. The van der Waals surface area contributed by atoms with Crippen molar-refractivity contribution in [3.8, 4) is 0 Å². The SMILES string of the molecule is O=C(O)c1nc(Cl)ccc1C(O)C(O)CCBr. The van der Waals surface area contributed by atoms with Gasteiger partial charge in [0.1, 0.15) is 11.3 Å². The van der Waals surface area contributed by atoms with E-state index in [9.17, 15) is 15.0 Å². The molecule has 0 amide bonds. The van der Waals surface area contributed by atoms with E-state index >= 15 is 0 Å². The molecule has 1 aromatic heterocycles. The number of aromatic carboxylic acids is 1. The summed E-state index contributed by atoms with van der Waals surface area (Å²) in [4.78, 5) is 14.6. The molecular weight excluding hydrogens is 313 g/mol. The minimum atomic E-state index is -1.30. The molecule has 1 rings (SSSR count). The van der Waals surface area contributed by atoms with Crippen molar-refractivity contribution in [2.75, 3.05) is 5.33 Å².